The van der Waals surface area contributed by atoms with Gasteiger partial charge in [-0.3, -0.25) is 0 Å². The van der Waals surface area contributed by atoms with Crippen molar-refractivity contribution in [3.8, 4) is 17.4 Å². The van der Waals surface area contributed by atoms with Gasteiger partial charge in [0.15, 0.2) is 6.10 Å². The van der Waals surface area contributed by atoms with Gasteiger partial charge in [-0.2, -0.15) is 5.26 Å². The maximum absolute atomic E-state index is 8.71. The lowest BCUT2D eigenvalue weighted by Gasteiger charge is -2.08. The lowest BCUT2D eigenvalue weighted by molar-refractivity contribution is 0.206. The highest BCUT2D eigenvalue weighted by Gasteiger charge is 2.29. The van der Waals surface area contributed by atoms with E-state index in [4.69, 9.17) is 10.00 Å². The van der Waals surface area contributed by atoms with Crippen LogP contribution in [0.5, 0.6) is 0 Å². The van der Waals surface area contributed by atoms with Crippen LogP contribution in [-0.2, 0) is 4.74 Å². The van der Waals surface area contributed by atoms with Crippen LogP contribution in [0, 0.1) is 11.5 Å². The van der Waals surface area contributed by atoms with Gasteiger partial charge in [-0.15, -0.1) is 0 Å². The molecule has 3 rings (SSSR count). The molecule has 0 spiro atoms. The molecule has 2 nitrogen and oxygen atoms in total. The Labute approximate surface area is 93.7 Å². The number of benzene rings is 2. The highest BCUT2D eigenvalue weighted by molar-refractivity contribution is 5.78. The highest BCUT2D eigenvalue weighted by atomic mass is 16.5. The maximum Gasteiger partial charge on any atom is 0.287 e. The summed E-state index contributed by atoms with van der Waals surface area (Å²) in [7, 11) is 0. The Morgan fingerprint density at radius 1 is 0.875 bits per heavy atom. The molecule has 76 valence electrons. The maximum atomic E-state index is 8.71. The van der Waals surface area contributed by atoms with Crippen molar-refractivity contribution in [2.24, 2.45) is 0 Å². The van der Waals surface area contributed by atoms with Gasteiger partial charge in [-0.25, -0.2) is 0 Å². The molecule has 2 heteroatoms. The second-order valence-corrected chi connectivity index (χ2v) is 3.76. The van der Waals surface area contributed by atoms with E-state index < -0.39 is 0 Å². The normalized spacial score (nSPS) is 12.7. The number of nitriles is 1. The van der Waals surface area contributed by atoms with Crippen LogP contribution in [0.3, 0.4) is 0 Å². The molecule has 0 N–H and O–H groups in total. The third-order valence-corrected chi connectivity index (χ3v) is 2.95. The fourth-order valence-corrected chi connectivity index (χ4v) is 2.29. The SMILES string of the molecule is N#COC1c2ccccc2-c2ccccc21. The van der Waals surface area contributed by atoms with Gasteiger partial charge in [0.25, 0.3) is 6.26 Å². The van der Waals surface area contributed by atoms with Gasteiger partial charge in [-0.1, -0.05) is 48.5 Å². The van der Waals surface area contributed by atoms with Crippen LogP contribution in [0.4, 0.5) is 0 Å². The van der Waals surface area contributed by atoms with E-state index in [0.717, 1.165) is 11.1 Å². The summed E-state index contributed by atoms with van der Waals surface area (Å²) in [6.45, 7) is 0. The van der Waals surface area contributed by atoms with Gasteiger partial charge >= 0.3 is 0 Å². The number of rotatable bonds is 1. The predicted molar refractivity (Wildman–Crippen MR) is 60.4 cm³/mol. The Hall–Kier alpha value is -2.27. The Bertz CT molecular complexity index is 538. The zero-order valence-electron chi connectivity index (χ0n) is 8.55. The molecule has 0 heterocycles. The average Bonchev–Trinajstić information content (AvgIpc) is 2.66. The molecule has 1 aliphatic carbocycles. The fourth-order valence-electron chi connectivity index (χ4n) is 2.29. The van der Waals surface area contributed by atoms with Gasteiger partial charge in [0.1, 0.15) is 0 Å². The summed E-state index contributed by atoms with van der Waals surface area (Å²) in [4.78, 5) is 0. The zero-order valence-corrected chi connectivity index (χ0v) is 8.55. The van der Waals surface area contributed by atoms with E-state index in [1.165, 1.54) is 11.1 Å². The van der Waals surface area contributed by atoms with Crippen LogP contribution in [0.2, 0.25) is 0 Å². The van der Waals surface area contributed by atoms with Gasteiger partial charge in [0, 0.05) is 11.1 Å². The van der Waals surface area contributed by atoms with E-state index in [2.05, 4.69) is 12.1 Å². The molecular weight excluding hydrogens is 198 g/mol. The smallest absolute Gasteiger partial charge is 0.287 e. The van der Waals surface area contributed by atoms with Crippen LogP contribution in [0.25, 0.3) is 11.1 Å². The number of hydrogen-bond donors (Lipinski definition) is 0. The summed E-state index contributed by atoms with van der Waals surface area (Å²) in [5.74, 6) is 0. The minimum absolute atomic E-state index is 0.239. The molecule has 16 heavy (non-hydrogen) atoms. The van der Waals surface area contributed by atoms with E-state index >= 15 is 0 Å². The van der Waals surface area contributed by atoms with Crippen LogP contribution in [0.15, 0.2) is 48.5 Å². The Morgan fingerprint density at radius 2 is 1.38 bits per heavy atom. The van der Waals surface area contributed by atoms with Gasteiger partial charge in [0.05, 0.1) is 0 Å². The molecule has 0 aromatic heterocycles. The molecular formula is C14H9NO. The summed E-state index contributed by atoms with van der Waals surface area (Å²) in [6, 6.07) is 16.1. The lowest BCUT2D eigenvalue weighted by atomic mass is 10.1. The first-order valence-corrected chi connectivity index (χ1v) is 5.15. The van der Waals surface area contributed by atoms with E-state index in [9.17, 15) is 0 Å². The molecule has 0 bridgehead atoms. The summed E-state index contributed by atoms with van der Waals surface area (Å²) >= 11 is 0. The summed E-state index contributed by atoms with van der Waals surface area (Å²) < 4.78 is 5.16. The monoisotopic (exact) mass is 207 g/mol. The van der Waals surface area contributed by atoms with Crippen molar-refractivity contribution in [3.05, 3.63) is 59.7 Å². The number of fused-ring (bicyclic) bond motifs is 3. The Balaban J connectivity index is 2.26. The average molecular weight is 207 g/mol. The number of ether oxygens (including phenoxy) is 1. The number of hydrogen-bond acceptors (Lipinski definition) is 2. The van der Waals surface area contributed by atoms with Crippen molar-refractivity contribution < 1.29 is 4.74 Å². The van der Waals surface area contributed by atoms with Crippen molar-refractivity contribution >= 4 is 0 Å². The van der Waals surface area contributed by atoms with Gasteiger partial charge in [0.2, 0.25) is 0 Å². The first-order chi connectivity index (χ1) is 7.92. The molecule has 0 atom stereocenters. The van der Waals surface area contributed by atoms with Crippen molar-refractivity contribution in [1.29, 1.82) is 5.26 Å². The van der Waals surface area contributed by atoms with E-state index in [-0.39, 0.29) is 6.10 Å². The molecule has 1 aliphatic rings. The quantitative estimate of drug-likeness (QED) is 0.672. The van der Waals surface area contributed by atoms with Gasteiger partial charge in [-0.05, 0) is 11.1 Å². The molecule has 0 radical (unpaired) electrons. The fraction of sp³-hybridized carbons (Fsp3) is 0.0714. The zero-order chi connectivity index (χ0) is 11.0. The first kappa shape index (κ1) is 8.99. The van der Waals surface area contributed by atoms with Gasteiger partial charge < -0.3 is 4.74 Å². The van der Waals surface area contributed by atoms with Crippen molar-refractivity contribution in [3.63, 3.8) is 0 Å². The molecule has 0 amide bonds. The molecule has 0 saturated heterocycles. The third-order valence-electron chi connectivity index (χ3n) is 2.95. The van der Waals surface area contributed by atoms with Crippen LogP contribution in [0.1, 0.15) is 17.2 Å². The second kappa shape index (κ2) is 3.39. The van der Waals surface area contributed by atoms with E-state index in [0.29, 0.717) is 0 Å². The topological polar surface area (TPSA) is 33.0 Å². The Kier molecular flexibility index (Phi) is 1.91. The standard InChI is InChI=1S/C14H9NO/c15-9-16-14-12-7-3-1-5-10(12)11-6-2-4-8-13(11)14/h1-8,14H. The Morgan fingerprint density at radius 3 is 1.88 bits per heavy atom. The summed E-state index contributed by atoms with van der Waals surface area (Å²) in [5, 5.41) is 8.71. The van der Waals surface area contributed by atoms with E-state index in [1.807, 2.05) is 36.4 Å². The predicted octanol–water partition coefficient (Wildman–Crippen LogP) is 3.25. The van der Waals surface area contributed by atoms with Crippen molar-refractivity contribution in [1.82, 2.24) is 0 Å². The highest BCUT2D eigenvalue weighted by Crippen LogP contribution is 2.44. The van der Waals surface area contributed by atoms with Crippen LogP contribution in [-0.4, -0.2) is 0 Å². The van der Waals surface area contributed by atoms with Crippen LogP contribution >= 0.6 is 0 Å². The minimum atomic E-state index is -0.239. The molecule has 0 fully saturated rings. The summed E-state index contributed by atoms with van der Waals surface area (Å²) in [6.07, 6.45) is 1.55. The van der Waals surface area contributed by atoms with Crippen molar-refractivity contribution in [2.45, 2.75) is 6.10 Å². The van der Waals surface area contributed by atoms with E-state index in [1.54, 1.807) is 6.26 Å². The number of nitrogens with zero attached hydrogens (tertiary/aromatic N) is 1. The third kappa shape index (κ3) is 1.12. The lowest BCUT2D eigenvalue weighted by Crippen LogP contribution is -1.97. The molecule has 2 aromatic rings. The van der Waals surface area contributed by atoms with Crippen molar-refractivity contribution in [2.75, 3.05) is 0 Å². The first-order valence-electron chi connectivity index (χ1n) is 5.15. The molecule has 0 saturated carbocycles. The molecule has 0 unspecified atom stereocenters. The molecule has 0 aliphatic heterocycles. The molecule has 2 aromatic carbocycles. The minimum Gasteiger partial charge on any atom is -0.414 e. The largest absolute Gasteiger partial charge is 0.414 e. The second-order valence-electron chi connectivity index (χ2n) is 3.76. The van der Waals surface area contributed by atoms with Crippen LogP contribution < -0.4 is 0 Å². The summed E-state index contributed by atoms with van der Waals surface area (Å²) in [5.41, 5.74) is 4.48.